The van der Waals surface area contributed by atoms with Crippen molar-refractivity contribution < 1.29 is 31.1 Å². The smallest absolute Gasteiger partial charge is 0.417 e. The number of rotatable bonds is 6. The molecule has 2 aromatic heterocycles. The Morgan fingerprint density at radius 2 is 1.78 bits per heavy atom. The van der Waals surface area contributed by atoms with Crippen molar-refractivity contribution >= 4 is 17.4 Å². The predicted molar refractivity (Wildman–Crippen MR) is 115 cm³/mol. The van der Waals surface area contributed by atoms with Gasteiger partial charge in [-0.2, -0.15) is 31.6 Å². The van der Waals surface area contributed by atoms with Gasteiger partial charge in [0.05, 0.1) is 28.9 Å². The summed E-state index contributed by atoms with van der Waals surface area (Å²) in [5.41, 5.74) is -4.65. The third-order valence-electron chi connectivity index (χ3n) is 4.80. The summed E-state index contributed by atoms with van der Waals surface area (Å²) in [5.74, 6) is -0.464. The number of anilines is 1. The molecule has 0 aliphatic carbocycles. The fourth-order valence-electron chi connectivity index (χ4n) is 3.02. The van der Waals surface area contributed by atoms with Gasteiger partial charge < -0.3 is 4.74 Å². The van der Waals surface area contributed by atoms with Gasteiger partial charge in [0.15, 0.2) is 5.82 Å². The summed E-state index contributed by atoms with van der Waals surface area (Å²) in [4.78, 5) is 29.1. The van der Waals surface area contributed by atoms with Crippen LogP contribution in [0.25, 0.3) is 0 Å². The maximum atomic E-state index is 13.0. The first-order valence-corrected chi connectivity index (χ1v) is 10.1. The summed E-state index contributed by atoms with van der Waals surface area (Å²) in [7, 11) is 1.21. The van der Waals surface area contributed by atoms with Crippen LogP contribution in [-0.2, 0) is 18.9 Å². The van der Waals surface area contributed by atoms with E-state index in [-0.39, 0.29) is 11.6 Å². The van der Waals surface area contributed by atoms with Gasteiger partial charge in [0, 0.05) is 13.2 Å². The van der Waals surface area contributed by atoms with Gasteiger partial charge in [0.1, 0.15) is 24.0 Å². The number of pyridine rings is 1. The highest BCUT2D eigenvalue weighted by molar-refractivity contribution is 6.33. The minimum absolute atomic E-state index is 0.174. The number of aromatic nitrogens is 3. The van der Waals surface area contributed by atoms with E-state index in [1.165, 1.54) is 13.1 Å². The summed E-state index contributed by atoms with van der Waals surface area (Å²) in [6.45, 7) is -0.889. The lowest BCUT2D eigenvalue weighted by Gasteiger charge is -2.23. The van der Waals surface area contributed by atoms with Crippen LogP contribution in [0, 0.1) is 11.3 Å². The third-order valence-corrected chi connectivity index (χ3v) is 5.08. The first-order valence-electron chi connectivity index (χ1n) is 9.77. The van der Waals surface area contributed by atoms with Crippen LogP contribution in [0.5, 0.6) is 5.75 Å². The summed E-state index contributed by atoms with van der Waals surface area (Å²) >= 11 is 5.92. The quantitative estimate of drug-likeness (QED) is 0.446. The molecule has 8 nitrogen and oxygen atoms in total. The molecule has 36 heavy (non-hydrogen) atoms. The van der Waals surface area contributed by atoms with Gasteiger partial charge in [0.25, 0.3) is 5.56 Å². The molecule has 190 valence electrons. The van der Waals surface area contributed by atoms with Crippen LogP contribution in [0.2, 0.25) is 5.02 Å². The summed E-state index contributed by atoms with van der Waals surface area (Å²) < 4.78 is 83.8. The first-order chi connectivity index (χ1) is 16.7. The van der Waals surface area contributed by atoms with E-state index in [0.29, 0.717) is 16.8 Å². The summed E-state index contributed by atoms with van der Waals surface area (Å²) in [5, 5.41) is 9.76. The van der Waals surface area contributed by atoms with Gasteiger partial charge in [-0.25, -0.2) is 14.5 Å². The topological polar surface area (TPSA) is 93.2 Å². The standard InChI is InChI=1S/C21H14ClF6N5O3/c1-31(17-16(22)8-14(10-30-17)21(26,27)28)33-11-12(9-29)18(34)32(19(33)35)5-6-36-15-4-2-3-13(7-15)20(23,24)25/h2-4,7-8,10-11H,5-6H2,1H3. The van der Waals surface area contributed by atoms with Crippen LogP contribution in [0.4, 0.5) is 32.2 Å². The predicted octanol–water partition coefficient (Wildman–Crippen LogP) is 3.95. The summed E-state index contributed by atoms with van der Waals surface area (Å²) in [6.07, 6.45) is -7.98. The van der Waals surface area contributed by atoms with Crippen molar-refractivity contribution in [3.8, 4) is 11.8 Å². The average Bonchev–Trinajstić information content (AvgIpc) is 2.80. The van der Waals surface area contributed by atoms with E-state index in [2.05, 4.69) is 4.98 Å². The minimum atomic E-state index is -4.72. The molecular weight excluding hydrogens is 520 g/mol. The van der Waals surface area contributed by atoms with Gasteiger partial charge >= 0.3 is 18.0 Å². The van der Waals surface area contributed by atoms with E-state index in [4.69, 9.17) is 16.3 Å². The number of benzene rings is 1. The number of halogens is 7. The van der Waals surface area contributed by atoms with E-state index in [0.717, 1.165) is 34.1 Å². The lowest BCUT2D eigenvalue weighted by molar-refractivity contribution is -0.138. The molecule has 0 radical (unpaired) electrons. The largest absolute Gasteiger partial charge is 0.492 e. The maximum Gasteiger partial charge on any atom is 0.417 e. The average molecular weight is 534 g/mol. The lowest BCUT2D eigenvalue weighted by Crippen LogP contribution is -2.47. The molecule has 0 aliphatic heterocycles. The second-order valence-electron chi connectivity index (χ2n) is 7.16. The zero-order chi connectivity index (χ0) is 26.8. The molecule has 0 saturated heterocycles. The fraction of sp³-hybridized carbons (Fsp3) is 0.238. The monoisotopic (exact) mass is 533 g/mol. The van der Waals surface area contributed by atoms with Crippen molar-refractivity contribution in [1.82, 2.24) is 14.2 Å². The molecule has 2 heterocycles. The van der Waals surface area contributed by atoms with Crippen LogP contribution in [0.3, 0.4) is 0 Å². The number of nitriles is 1. The highest BCUT2D eigenvalue weighted by atomic mass is 35.5. The molecule has 3 rings (SSSR count). The molecular formula is C21H14ClF6N5O3. The van der Waals surface area contributed by atoms with E-state index in [9.17, 15) is 41.2 Å². The number of hydrogen-bond acceptors (Lipinski definition) is 6. The van der Waals surface area contributed by atoms with E-state index >= 15 is 0 Å². The Balaban J connectivity index is 1.92. The van der Waals surface area contributed by atoms with Crippen LogP contribution in [0.15, 0.2) is 52.3 Å². The van der Waals surface area contributed by atoms with Crippen LogP contribution in [0.1, 0.15) is 16.7 Å². The third kappa shape index (κ3) is 5.62. The Morgan fingerprint density at radius 1 is 1.11 bits per heavy atom. The Kier molecular flexibility index (Phi) is 7.35. The van der Waals surface area contributed by atoms with Gasteiger partial charge in [-0.15, -0.1) is 0 Å². The normalized spacial score (nSPS) is 11.8. The molecule has 0 N–H and O–H groups in total. The molecule has 3 aromatic rings. The van der Waals surface area contributed by atoms with Gasteiger partial charge in [0.2, 0.25) is 0 Å². The Hall–Kier alpha value is -3.99. The minimum Gasteiger partial charge on any atom is -0.492 e. The summed E-state index contributed by atoms with van der Waals surface area (Å²) in [6, 6.07) is 6.12. The Morgan fingerprint density at radius 3 is 2.36 bits per heavy atom. The highest BCUT2D eigenvalue weighted by Crippen LogP contribution is 2.33. The van der Waals surface area contributed by atoms with Crippen molar-refractivity contribution in [2.24, 2.45) is 0 Å². The van der Waals surface area contributed by atoms with Crippen molar-refractivity contribution in [2.75, 3.05) is 18.7 Å². The second kappa shape index (κ2) is 9.94. The van der Waals surface area contributed by atoms with E-state index in [1.54, 1.807) is 6.07 Å². The SMILES string of the molecule is CN(c1ncc(C(F)(F)F)cc1Cl)n1cc(C#N)c(=O)n(CCOc2cccc(C(F)(F)F)c2)c1=O. The number of hydrogen-bond donors (Lipinski definition) is 0. The van der Waals surface area contributed by atoms with Gasteiger partial charge in [-0.3, -0.25) is 14.4 Å². The molecule has 0 amide bonds. The molecule has 15 heteroatoms. The van der Waals surface area contributed by atoms with E-state index in [1.807, 2.05) is 0 Å². The Bertz CT molecular complexity index is 1440. The number of nitrogens with zero attached hydrogens (tertiary/aromatic N) is 5. The van der Waals surface area contributed by atoms with Gasteiger partial charge in [-0.1, -0.05) is 17.7 Å². The van der Waals surface area contributed by atoms with Crippen LogP contribution >= 0.6 is 11.6 Å². The van der Waals surface area contributed by atoms with Crippen molar-refractivity contribution in [3.63, 3.8) is 0 Å². The van der Waals surface area contributed by atoms with E-state index < -0.39 is 58.5 Å². The number of ether oxygens (including phenoxy) is 1. The van der Waals surface area contributed by atoms with Gasteiger partial charge in [-0.05, 0) is 24.3 Å². The van der Waals surface area contributed by atoms with Crippen molar-refractivity contribution in [1.29, 1.82) is 5.26 Å². The van der Waals surface area contributed by atoms with Crippen LogP contribution in [-0.4, -0.2) is 27.9 Å². The number of alkyl halides is 6. The molecule has 0 atom stereocenters. The molecule has 0 aliphatic rings. The lowest BCUT2D eigenvalue weighted by atomic mass is 10.2. The highest BCUT2D eigenvalue weighted by Gasteiger charge is 2.32. The molecule has 0 unspecified atom stereocenters. The zero-order valence-corrected chi connectivity index (χ0v) is 18.8. The molecule has 1 aromatic carbocycles. The van der Waals surface area contributed by atoms with Crippen molar-refractivity contribution in [3.05, 3.63) is 85.3 Å². The zero-order valence-electron chi connectivity index (χ0n) is 18.1. The molecule has 0 bridgehead atoms. The maximum absolute atomic E-state index is 13.0. The molecule has 0 spiro atoms. The molecule has 0 fully saturated rings. The van der Waals surface area contributed by atoms with Crippen LogP contribution < -0.4 is 21.0 Å². The molecule has 0 saturated carbocycles. The fourth-order valence-corrected chi connectivity index (χ4v) is 3.31. The van der Waals surface area contributed by atoms with Crippen molar-refractivity contribution in [2.45, 2.75) is 18.9 Å². The Labute approximate surface area is 203 Å². The first kappa shape index (κ1) is 26.6. The second-order valence-corrected chi connectivity index (χ2v) is 7.57.